The third kappa shape index (κ3) is 2.10. The van der Waals surface area contributed by atoms with Gasteiger partial charge in [0.15, 0.2) is 0 Å². The van der Waals surface area contributed by atoms with Crippen LogP contribution in [-0.4, -0.2) is 11.1 Å². The summed E-state index contributed by atoms with van der Waals surface area (Å²) in [7, 11) is 1.80. The zero-order valence-corrected chi connectivity index (χ0v) is 12.4. The van der Waals surface area contributed by atoms with E-state index in [9.17, 15) is 4.79 Å². The second-order valence-corrected chi connectivity index (χ2v) is 6.13. The number of nitrogens with zero attached hydrogens (tertiary/aromatic N) is 1. The van der Waals surface area contributed by atoms with E-state index in [1.54, 1.807) is 11.6 Å². The molecular weight excluding hydrogens is 292 g/mol. The fourth-order valence-corrected chi connectivity index (χ4v) is 2.43. The Morgan fingerprint density at radius 1 is 1.33 bits per heavy atom. The lowest BCUT2D eigenvalue weighted by molar-refractivity contribution is 0.529. The molecule has 0 bridgehead atoms. The minimum atomic E-state index is -0.314. The van der Waals surface area contributed by atoms with E-state index in [-0.39, 0.29) is 11.0 Å². The number of rotatable bonds is 2. The van der Waals surface area contributed by atoms with Crippen molar-refractivity contribution in [1.29, 1.82) is 0 Å². The second-order valence-electron chi connectivity index (χ2n) is 5.21. The molecule has 0 aliphatic heterocycles. The van der Waals surface area contributed by atoms with Gasteiger partial charge in [-0.05, 0) is 29.7 Å². The largest absolute Gasteiger partial charge is 0.330 e. The van der Waals surface area contributed by atoms with Gasteiger partial charge < -0.3 is 10.3 Å². The SMILES string of the molecule is Cn1c(=O)c(C(C)(C)CN)cc2cc(Br)ccc21. The summed E-state index contributed by atoms with van der Waals surface area (Å²) in [6, 6.07) is 7.86. The standard InChI is InChI=1S/C14H17BrN2O/c1-14(2,8-16)11-7-9-6-10(15)4-5-12(9)17(3)13(11)18/h4-7H,8,16H2,1-3H3. The highest BCUT2D eigenvalue weighted by Crippen LogP contribution is 2.24. The molecule has 0 aliphatic carbocycles. The van der Waals surface area contributed by atoms with Gasteiger partial charge in [0.25, 0.3) is 5.56 Å². The number of hydrogen-bond acceptors (Lipinski definition) is 2. The highest BCUT2D eigenvalue weighted by molar-refractivity contribution is 9.10. The predicted octanol–water partition coefficient (Wildman–Crippen LogP) is 2.54. The molecule has 0 spiro atoms. The summed E-state index contributed by atoms with van der Waals surface area (Å²) >= 11 is 3.46. The van der Waals surface area contributed by atoms with Crippen molar-refractivity contribution in [3.8, 4) is 0 Å². The summed E-state index contributed by atoms with van der Waals surface area (Å²) in [5.74, 6) is 0. The monoisotopic (exact) mass is 308 g/mol. The van der Waals surface area contributed by atoms with Gasteiger partial charge in [-0.25, -0.2) is 0 Å². The highest BCUT2D eigenvalue weighted by atomic mass is 79.9. The molecule has 3 nitrogen and oxygen atoms in total. The third-order valence-electron chi connectivity index (χ3n) is 3.43. The molecule has 1 aromatic carbocycles. The number of pyridine rings is 1. The van der Waals surface area contributed by atoms with E-state index in [4.69, 9.17) is 5.73 Å². The zero-order chi connectivity index (χ0) is 13.5. The molecule has 96 valence electrons. The van der Waals surface area contributed by atoms with Crippen LogP contribution < -0.4 is 11.3 Å². The Morgan fingerprint density at radius 2 is 2.00 bits per heavy atom. The Hall–Kier alpha value is -1.13. The second kappa shape index (κ2) is 4.52. The molecule has 0 saturated heterocycles. The first-order valence-corrected chi connectivity index (χ1v) is 6.66. The maximum absolute atomic E-state index is 12.4. The Bertz CT molecular complexity index is 659. The molecule has 4 heteroatoms. The molecular formula is C14H17BrN2O. The van der Waals surface area contributed by atoms with Gasteiger partial charge >= 0.3 is 0 Å². The first-order valence-electron chi connectivity index (χ1n) is 5.86. The van der Waals surface area contributed by atoms with Gasteiger partial charge in [0, 0.05) is 29.0 Å². The summed E-state index contributed by atoms with van der Waals surface area (Å²) in [6.45, 7) is 4.43. The smallest absolute Gasteiger partial charge is 0.254 e. The van der Waals surface area contributed by atoms with E-state index < -0.39 is 0 Å². The molecule has 0 fully saturated rings. The van der Waals surface area contributed by atoms with Crippen molar-refractivity contribution in [1.82, 2.24) is 4.57 Å². The van der Waals surface area contributed by atoms with E-state index in [0.29, 0.717) is 6.54 Å². The molecule has 1 heterocycles. The minimum Gasteiger partial charge on any atom is -0.330 e. The number of aryl methyl sites for hydroxylation is 1. The molecule has 2 rings (SSSR count). The van der Waals surface area contributed by atoms with Crippen LogP contribution in [0.4, 0.5) is 0 Å². The molecule has 0 atom stereocenters. The van der Waals surface area contributed by atoms with Crippen LogP contribution in [0.5, 0.6) is 0 Å². The van der Waals surface area contributed by atoms with E-state index in [2.05, 4.69) is 15.9 Å². The van der Waals surface area contributed by atoms with Crippen molar-refractivity contribution in [3.63, 3.8) is 0 Å². The highest BCUT2D eigenvalue weighted by Gasteiger charge is 2.23. The van der Waals surface area contributed by atoms with E-state index in [1.165, 1.54) is 0 Å². The number of hydrogen-bond donors (Lipinski definition) is 1. The lowest BCUT2D eigenvalue weighted by Gasteiger charge is -2.23. The van der Waals surface area contributed by atoms with Gasteiger partial charge in [-0.1, -0.05) is 29.8 Å². The fraction of sp³-hybridized carbons (Fsp3) is 0.357. The normalized spacial score (nSPS) is 12.1. The van der Waals surface area contributed by atoms with Crippen LogP contribution in [0.2, 0.25) is 0 Å². The number of halogens is 1. The summed E-state index contributed by atoms with van der Waals surface area (Å²) in [5.41, 5.74) is 7.18. The van der Waals surface area contributed by atoms with Gasteiger partial charge in [-0.2, -0.15) is 0 Å². The van der Waals surface area contributed by atoms with Gasteiger partial charge in [-0.3, -0.25) is 4.79 Å². The Labute approximate surface area is 115 Å². The van der Waals surface area contributed by atoms with Crippen LogP contribution >= 0.6 is 15.9 Å². The molecule has 18 heavy (non-hydrogen) atoms. The summed E-state index contributed by atoms with van der Waals surface area (Å²) in [6.07, 6.45) is 0. The summed E-state index contributed by atoms with van der Waals surface area (Å²) < 4.78 is 2.69. The summed E-state index contributed by atoms with van der Waals surface area (Å²) in [5, 5.41) is 1.04. The lowest BCUT2D eigenvalue weighted by Crippen LogP contribution is -2.36. The van der Waals surface area contributed by atoms with Gasteiger partial charge in [-0.15, -0.1) is 0 Å². The van der Waals surface area contributed by atoms with Crippen LogP contribution in [0.25, 0.3) is 10.9 Å². The van der Waals surface area contributed by atoms with Gasteiger partial charge in [0.1, 0.15) is 0 Å². The Balaban J connectivity index is 2.85. The van der Waals surface area contributed by atoms with E-state index >= 15 is 0 Å². The van der Waals surface area contributed by atoms with Crippen molar-refractivity contribution in [3.05, 3.63) is 44.7 Å². The van der Waals surface area contributed by atoms with Crippen molar-refractivity contribution < 1.29 is 0 Å². The molecule has 1 aromatic heterocycles. The molecule has 0 amide bonds. The quantitative estimate of drug-likeness (QED) is 0.927. The van der Waals surface area contributed by atoms with Crippen molar-refractivity contribution in [2.75, 3.05) is 6.54 Å². The van der Waals surface area contributed by atoms with Crippen molar-refractivity contribution in [2.24, 2.45) is 12.8 Å². The fourth-order valence-electron chi connectivity index (χ4n) is 2.05. The number of benzene rings is 1. The zero-order valence-electron chi connectivity index (χ0n) is 10.8. The average molecular weight is 309 g/mol. The van der Waals surface area contributed by atoms with E-state index in [1.807, 2.05) is 38.1 Å². The first kappa shape index (κ1) is 13.3. The van der Waals surface area contributed by atoms with Crippen LogP contribution in [-0.2, 0) is 12.5 Å². The van der Waals surface area contributed by atoms with Crippen LogP contribution in [0, 0.1) is 0 Å². The molecule has 0 aliphatic rings. The molecule has 0 saturated carbocycles. The van der Waals surface area contributed by atoms with E-state index in [0.717, 1.165) is 20.9 Å². The third-order valence-corrected chi connectivity index (χ3v) is 3.92. The maximum Gasteiger partial charge on any atom is 0.254 e. The minimum absolute atomic E-state index is 0.0280. The lowest BCUT2D eigenvalue weighted by atomic mass is 9.85. The topological polar surface area (TPSA) is 48.0 Å². The Morgan fingerprint density at radius 3 is 2.61 bits per heavy atom. The van der Waals surface area contributed by atoms with Crippen molar-refractivity contribution in [2.45, 2.75) is 19.3 Å². The van der Waals surface area contributed by atoms with Crippen LogP contribution in [0.15, 0.2) is 33.5 Å². The first-order chi connectivity index (χ1) is 8.36. The summed E-state index contributed by atoms with van der Waals surface area (Å²) in [4.78, 5) is 12.4. The maximum atomic E-state index is 12.4. The number of fused-ring (bicyclic) bond motifs is 1. The molecule has 2 aromatic rings. The van der Waals surface area contributed by atoms with Crippen molar-refractivity contribution >= 4 is 26.8 Å². The average Bonchev–Trinajstić information content (AvgIpc) is 2.33. The molecule has 0 radical (unpaired) electrons. The number of aromatic nitrogens is 1. The number of nitrogens with two attached hydrogens (primary N) is 1. The van der Waals surface area contributed by atoms with Crippen LogP contribution in [0.1, 0.15) is 19.4 Å². The van der Waals surface area contributed by atoms with Gasteiger partial charge in [0.05, 0.1) is 5.52 Å². The molecule has 2 N–H and O–H groups in total. The Kier molecular flexibility index (Phi) is 3.34. The van der Waals surface area contributed by atoms with Gasteiger partial charge in [0.2, 0.25) is 0 Å². The van der Waals surface area contributed by atoms with Crippen LogP contribution in [0.3, 0.4) is 0 Å². The molecule has 0 unspecified atom stereocenters. The predicted molar refractivity (Wildman–Crippen MR) is 79.0 cm³/mol.